The molecular weight excluding hydrogens is 340 g/mol. The van der Waals surface area contributed by atoms with Gasteiger partial charge in [-0.05, 0) is 48.9 Å². The van der Waals surface area contributed by atoms with Crippen molar-refractivity contribution in [2.75, 3.05) is 20.7 Å². The molecule has 0 unspecified atom stereocenters. The van der Waals surface area contributed by atoms with Gasteiger partial charge in [-0.25, -0.2) is 13.1 Å². The van der Waals surface area contributed by atoms with Gasteiger partial charge >= 0.3 is 0 Å². The van der Waals surface area contributed by atoms with Crippen molar-refractivity contribution >= 4 is 15.9 Å². The summed E-state index contributed by atoms with van der Waals surface area (Å²) < 4.78 is 31.6. The van der Waals surface area contributed by atoms with Gasteiger partial charge in [0.2, 0.25) is 10.0 Å². The first kappa shape index (κ1) is 17.4. The van der Waals surface area contributed by atoms with Gasteiger partial charge in [0, 0.05) is 13.1 Å². The van der Waals surface area contributed by atoms with Crippen LogP contribution < -0.4 is 9.46 Å². The first-order valence-electron chi connectivity index (χ1n) is 7.94. The van der Waals surface area contributed by atoms with Crippen LogP contribution in [-0.2, 0) is 23.0 Å². The van der Waals surface area contributed by atoms with E-state index < -0.39 is 10.0 Å². The zero-order chi connectivity index (χ0) is 18.0. The summed E-state index contributed by atoms with van der Waals surface area (Å²) in [6.45, 7) is 0.960. The van der Waals surface area contributed by atoms with Gasteiger partial charge in [0.25, 0.3) is 5.91 Å². The summed E-state index contributed by atoms with van der Waals surface area (Å²) in [7, 11) is -0.590. The van der Waals surface area contributed by atoms with Crippen LogP contribution in [0.1, 0.15) is 21.5 Å². The fraction of sp³-hybridized carbons (Fsp3) is 0.278. The van der Waals surface area contributed by atoms with Crippen molar-refractivity contribution in [3.63, 3.8) is 0 Å². The van der Waals surface area contributed by atoms with Crippen LogP contribution in [0.3, 0.4) is 0 Å². The lowest BCUT2D eigenvalue weighted by atomic mass is 9.99. The molecule has 1 N–H and O–H groups in total. The number of nitrogens with zero attached hydrogens (tertiary/aromatic N) is 1. The minimum atomic E-state index is -3.51. The maximum Gasteiger partial charge on any atom is 0.257 e. The second-order valence-corrected chi connectivity index (χ2v) is 7.70. The molecule has 1 heterocycles. The fourth-order valence-electron chi connectivity index (χ4n) is 2.98. The molecule has 2 aromatic carbocycles. The van der Waals surface area contributed by atoms with Gasteiger partial charge in [-0.1, -0.05) is 18.2 Å². The average molecular weight is 360 g/mol. The molecule has 7 heteroatoms. The second-order valence-electron chi connectivity index (χ2n) is 5.82. The van der Waals surface area contributed by atoms with Crippen molar-refractivity contribution in [1.29, 1.82) is 0 Å². The Bertz CT molecular complexity index is 909. The van der Waals surface area contributed by atoms with Gasteiger partial charge in [0.1, 0.15) is 5.75 Å². The van der Waals surface area contributed by atoms with E-state index in [1.165, 1.54) is 14.2 Å². The van der Waals surface area contributed by atoms with E-state index in [4.69, 9.17) is 4.74 Å². The molecule has 1 aliphatic heterocycles. The highest BCUT2D eigenvalue weighted by atomic mass is 32.2. The molecule has 0 aliphatic carbocycles. The van der Waals surface area contributed by atoms with Crippen molar-refractivity contribution in [2.24, 2.45) is 0 Å². The third kappa shape index (κ3) is 3.38. The lowest BCUT2D eigenvalue weighted by Crippen LogP contribution is -2.36. The number of ether oxygens (including phenoxy) is 1. The molecule has 0 spiro atoms. The maximum absolute atomic E-state index is 12.8. The van der Waals surface area contributed by atoms with E-state index in [1.807, 2.05) is 12.1 Å². The number of sulfonamides is 1. The third-order valence-corrected chi connectivity index (χ3v) is 5.81. The Labute approximate surface area is 147 Å². The first-order valence-corrected chi connectivity index (χ1v) is 9.42. The molecule has 0 aromatic heterocycles. The van der Waals surface area contributed by atoms with Gasteiger partial charge in [0.15, 0.2) is 0 Å². The molecule has 3 rings (SSSR count). The number of hydrogen-bond donors (Lipinski definition) is 1. The number of para-hydroxylation sites is 1. The molecular formula is C18H20N2O4S. The van der Waals surface area contributed by atoms with E-state index >= 15 is 0 Å². The van der Waals surface area contributed by atoms with E-state index in [0.717, 1.165) is 11.1 Å². The molecule has 0 atom stereocenters. The highest BCUT2D eigenvalue weighted by Gasteiger charge is 2.25. The Morgan fingerprint density at radius 1 is 1.16 bits per heavy atom. The zero-order valence-corrected chi connectivity index (χ0v) is 15.0. The zero-order valence-electron chi connectivity index (χ0n) is 14.2. The molecule has 0 radical (unpaired) electrons. The molecule has 0 fully saturated rings. The predicted octanol–water partition coefficient (Wildman–Crippen LogP) is 1.80. The van der Waals surface area contributed by atoms with Crippen LogP contribution in [0.4, 0.5) is 0 Å². The van der Waals surface area contributed by atoms with E-state index in [0.29, 0.717) is 30.8 Å². The minimum absolute atomic E-state index is 0.120. The van der Waals surface area contributed by atoms with Crippen LogP contribution in [0.2, 0.25) is 0 Å². The number of benzene rings is 2. The molecule has 1 amide bonds. The van der Waals surface area contributed by atoms with E-state index in [-0.39, 0.29) is 10.8 Å². The summed E-state index contributed by atoms with van der Waals surface area (Å²) >= 11 is 0. The lowest BCUT2D eigenvalue weighted by molar-refractivity contribution is 0.0731. The molecule has 0 bridgehead atoms. The van der Waals surface area contributed by atoms with Crippen LogP contribution in [-0.4, -0.2) is 39.9 Å². The van der Waals surface area contributed by atoms with E-state index in [2.05, 4.69) is 4.72 Å². The van der Waals surface area contributed by atoms with Gasteiger partial charge in [-0.2, -0.15) is 0 Å². The summed E-state index contributed by atoms with van der Waals surface area (Å²) in [5.74, 6) is 0.412. The number of amides is 1. The Morgan fingerprint density at radius 3 is 2.64 bits per heavy atom. The Hall–Kier alpha value is -2.38. The highest BCUT2D eigenvalue weighted by Crippen LogP contribution is 2.26. The standard InChI is InChI=1S/C18H20N2O4S/c1-19-25(22,23)15-8-7-13-9-10-20(12-14(13)11-15)18(21)16-5-3-4-6-17(16)24-2/h3-8,11,19H,9-10,12H2,1-2H3. The Kier molecular flexibility index (Phi) is 4.78. The number of methoxy groups -OCH3 is 1. The Balaban J connectivity index is 1.90. The van der Waals surface area contributed by atoms with Crippen LogP contribution in [0.25, 0.3) is 0 Å². The Morgan fingerprint density at radius 2 is 1.92 bits per heavy atom. The summed E-state index contributed by atoms with van der Waals surface area (Å²) in [5.41, 5.74) is 2.43. The fourth-order valence-corrected chi connectivity index (χ4v) is 3.76. The van der Waals surface area contributed by atoms with Crippen LogP contribution >= 0.6 is 0 Å². The summed E-state index contributed by atoms with van der Waals surface area (Å²) in [6.07, 6.45) is 0.691. The number of carbonyl (C=O) groups is 1. The molecule has 0 saturated heterocycles. The number of rotatable bonds is 4. The van der Waals surface area contributed by atoms with E-state index in [9.17, 15) is 13.2 Å². The molecule has 0 saturated carbocycles. The monoisotopic (exact) mass is 360 g/mol. The van der Waals surface area contributed by atoms with Gasteiger partial charge in [-0.3, -0.25) is 4.79 Å². The number of hydrogen-bond acceptors (Lipinski definition) is 4. The summed E-state index contributed by atoms with van der Waals surface area (Å²) in [4.78, 5) is 14.8. The van der Waals surface area contributed by atoms with Crippen LogP contribution in [0.5, 0.6) is 5.75 Å². The maximum atomic E-state index is 12.8. The number of fused-ring (bicyclic) bond motifs is 1. The van der Waals surface area contributed by atoms with Crippen molar-refractivity contribution in [1.82, 2.24) is 9.62 Å². The predicted molar refractivity (Wildman–Crippen MR) is 94.1 cm³/mol. The highest BCUT2D eigenvalue weighted by molar-refractivity contribution is 7.89. The molecule has 132 valence electrons. The molecule has 1 aliphatic rings. The molecule has 2 aromatic rings. The first-order chi connectivity index (χ1) is 12.0. The van der Waals surface area contributed by atoms with Crippen molar-refractivity contribution in [3.8, 4) is 5.75 Å². The van der Waals surface area contributed by atoms with Crippen molar-refractivity contribution in [2.45, 2.75) is 17.9 Å². The van der Waals surface area contributed by atoms with Crippen LogP contribution in [0, 0.1) is 0 Å². The minimum Gasteiger partial charge on any atom is -0.496 e. The molecule has 25 heavy (non-hydrogen) atoms. The summed E-state index contributed by atoms with van der Waals surface area (Å²) in [6, 6.07) is 12.2. The van der Waals surface area contributed by atoms with Crippen molar-refractivity contribution < 1.29 is 17.9 Å². The molecule has 6 nitrogen and oxygen atoms in total. The van der Waals surface area contributed by atoms with Gasteiger partial charge in [0.05, 0.1) is 17.6 Å². The topological polar surface area (TPSA) is 75.7 Å². The quantitative estimate of drug-likeness (QED) is 0.902. The third-order valence-electron chi connectivity index (χ3n) is 4.39. The summed E-state index contributed by atoms with van der Waals surface area (Å²) in [5, 5.41) is 0. The number of nitrogens with one attached hydrogen (secondary N) is 1. The van der Waals surface area contributed by atoms with E-state index in [1.54, 1.807) is 35.2 Å². The van der Waals surface area contributed by atoms with Gasteiger partial charge < -0.3 is 9.64 Å². The number of carbonyl (C=O) groups excluding carboxylic acids is 1. The van der Waals surface area contributed by atoms with Crippen LogP contribution in [0.15, 0.2) is 47.4 Å². The second kappa shape index (κ2) is 6.85. The lowest BCUT2D eigenvalue weighted by Gasteiger charge is -2.29. The average Bonchev–Trinajstić information content (AvgIpc) is 2.66. The SMILES string of the molecule is CNS(=O)(=O)c1ccc2c(c1)CN(C(=O)c1ccccc1OC)CC2. The smallest absolute Gasteiger partial charge is 0.257 e. The normalized spacial score (nSPS) is 14.1. The van der Waals surface area contributed by atoms with Crippen molar-refractivity contribution in [3.05, 3.63) is 59.2 Å². The largest absolute Gasteiger partial charge is 0.496 e. The van der Waals surface area contributed by atoms with Gasteiger partial charge in [-0.15, -0.1) is 0 Å².